The zero-order valence-electron chi connectivity index (χ0n) is 7.95. The maximum atomic E-state index is 9.59. The van der Waals surface area contributed by atoms with Crippen molar-refractivity contribution in [2.75, 3.05) is 7.11 Å². The minimum absolute atomic E-state index is 0.505. The molecule has 0 saturated carbocycles. The van der Waals surface area contributed by atoms with E-state index >= 15 is 0 Å². The van der Waals surface area contributed by atoms with Crippen LogP contribution in [0.3, 0.4) is 0 Å². The van der Waals surface area contributed by atoms with Crippen LogP contribution in [0.2, 0.25) is 0 Å². The average Bonchev–Trinajstić information content (AvgIpc) is 2.17. The van der Waals surface area contributed by atoms with Crippen LogP contribution in [0.25, 0.3) is 0 Å². The summed E-state index contributed by atoms with van der Waals surface area (Å²) in [4.78, 5) is 0. The Labute approximate surface area is 80.0 Å². The second-order valence-electron chi connectivity index (χ2n) is 2.89. The Morgan fingerprint density at radius 2 is 2.23 bits per heavy atom. The molecule has 0 amide bonds. The molecule has 0 unspecified atom stereocenters. The third-order valence-corrected chi connectivity index (χ3v) is 2.07. The summed E-state index contributed by atoms with van der Waals surface area (Å²) in [5, 5.41) is 9.59. The number of benzene rings is 1. The number of hydrogen-bond acceptors (Lipinski definition) is 2. The number of aliphatic hydroxyl groups excluding tert-OH is 1. The van der Waals surface area contributed by atoms with Crippen molar-refractivity contribution >= 4 is 13.3 Å². The Morgan fingerprint density at radius 3 is 2.77 bits per heavy atom. The molecular weight excluding hydrogens is 163 g/mol. The molecule has 0 saturated heterocycles. The highest BCUT2D eigenvalue weighted by atomic mass is 16.5. The number of hydrogen-bond donors (Lipinski definition) is 1. The van der Waals surface area contributed by atoms with Crippen molar-refractivity contribution in [2.24, 2.45) is 0 Å². The first-order chi connectivity index (χ1) is 6.20. The van der Waals surface area contributed by atoms with Gasteiger partial charge >= 0.3 is 0 Å². The molecule has 2 radical (unpaired) electrons. The maximum Gasteiger partial charge on any atom is 0.119 e. The summed E-state index contributed by atoms with van der Waals surface area (Å²) in [5.41, 5.74) is 1.27. The first-order valence-electron chi connectivity index (χ1n) is 4.31. The van der Waals surface area contributed by atoms with Gasteiger partial charge in [-0.3, -0.25) is 0 Å². The Kier molecular flexibility index (Phi) is 3.37. The Bertz CT molecular complexity index is 286. The molecule has 3 heteroatoms. The summed E-state index contributed by atoms with van der Waals surface area (Å²) in [6.07, 6.45) is 0.146. The predicted octanol–water partition coefficient (Wildman–Crippen LogP) is 0.932. The van der Waals surface area contributed by atoms with Gasteiger partial charge in [-0.25, -0.2) is 0 Å². The van der Waals surface area contributed by atoms with Crippen LogP contribution < -0.4 is 10.2 Å². The lowest BCUT2D eigenvalue weighted by atomic mass is 9.86. The van der Waals surface area contributed by atoms with Gasteiger partial charge in [0.05, 0.1) is 13.2 Å². The van der Waals surface area contributed by atoms with E-state index in [4.69, 9.17) is 12.6 Å². The quantitative estimate of drug-likeness (QED) is 0.694. The molecule has 0 bridgehead atoms. The van der Waals surface area contributed by atoms with Gasteiger partial charge in [0.15, 0.2) is 0 Å². The van der Waals surface area contributed by atoms with Gasteiger partial charge in [-0.05, 0) is 23.5 Å². The lowest BCUT2D eigenvalue weighted by molar-refractivity contribution is 0.174. The van der Waals surface area contributed by atoms with Crippen LogP contribution in [-0.4, -0.2) is 20.1 Å². The molecule has 0 fully saturated rings. The van der Waals surface area contributed by atoms with Gasteiger partial charge in [-0.1, -0.05) is 19.1 Å². The van der Waals surface area contributed by atoms with E-state index in [1.54, 1.807) is 13.2 Å². The second-order valence-corrected chi connectivity index (χ2v) is 2.89. The summed E-state index contributed by atoms with van der Waals surface area (Å²) in [5.74, 6) is 0.616. The summed E-state index contributed by atoms with van der Waals surface area (Å²) >= 11 is 0. The normalized spacial score (nSPS) is 12.5. The second kappa shape index (κ2) is 4.33. The lowest BCUT2D eigenvalue weighted by Crippen LogP contribution is -2.16. The third kappa shape index (κ3) is 2.04. The van der Waals surface area contributed by atoms with E-state index in [0.29, 0.717) is 17.6 Å². The molecule has 1 aromatic rings. The van der Waals surface area contributed by atoms with E-state index in [1.807, 2.05) is 19.1 Å². The number of methoxy groups -OCH3 is 1. The minimum atomic E-state index is -0.505. The highest BCUT2D eigenvalue weighted by Gasteiger charge is 2.09. The van der Waals surface area contributed by atoms with Crippen LogP contribution in [0, 0.1) is 0 Å². The van der Waals surface area contributed by atoms with Gasteiger partial charge < -0.3 is 9.84 Å². The van der Waals surface area contributed by atoms with Crippen molar-refractivity contribution in [3.8, 4) is 5.75 Å². The van der Waals surface area contributed by atoms with Crippen LogP contribution in [0.4, 0.5) is 0 Å². The molecule has 0 heterocycles. The average molecular weight is 176 g/mol. The van der Waals surface area contributed by atoms with Crippen LogP contribution in [0.1, 0.15) is 25.0 Å². The molecule has 68 valence electrons. The van der Waals surface area contributed by atoms with Crippen LogP contribution in [-0.2, 0) is 0 Å². The smallest absolute Gasteiger partial charge is 0.119 e. The number of ether oxygens (including phenoxy) is 1. The standard InChI is InChI=1S/C10H13BO2/c1-3-8(12)7-5-4-6-9(13-2)10(7)11/h4-6,8,12H,3H2,1-2H3/t8-/m1/s1. The largest absolute Gasteiger partial charge is 0.497 e. The molecule has 0 aliphatic rings. The third-order valence-electron chi connectivity index (χ3n) is 2.07. The molecule has 13 heavy (non-hydrogen) atoms. The Morgan fingerprint density at radius 1 is 1.54 bits per heavy atom. The van der Waals surface area contributed by atoms with Gasteiger partial charge in [0, 0.05) is 0 Å². The highest BCUT2D eigenvalue weighted by Crippen LogP contribution is 2.17. The van der Waals surface area contributed by atoms with Crippen LogP contribution in [0.15, 0.2) is 18.2 Å². The van der Waals surface area contributed by atoms with Crippen molar-refractivity contribution in [2.45, 2.75) is 19.4 Å². The molecule has 1 atom stereocenters. The monoisotopic (exact) mass is 176 g/mol. The van der Waals surface area contributed by atoms with E-state index in [1.165, 1.54) is 0 Å². The first-order valence-corrected chi connectivity index (χ1v) is 4.31. The molecule has 1 N–H and O–H groups in total. The van der Waals surface area contributed by atoms with Gasteiger partial charge in [-0.2, -0.15) is 0 Å². The number of aliphatic hydroxyl groups is 1. The minimum Gasteiger partial charge on any atom is -0.497 e. The molecule has 0 aliphatic carbocycles. The summed E-state index contributed by atoms with van der Waals surface area (Å²) < 4.78 is 5.04. The molecule has 1 aromatic carbocycles. The van der Waals surface area contributed by atoms with E-state index in [-0.39, 0.29) is 0 Å². The van der Waals surface area contributed by atoms with Gasteiger partial charge in [0.25, 0.3) is 0 Å². The molecular formula is C10H13BO2. The van der Waals surface area contributed by atoms with Crippen molar-refractivity contribution < 1.29 is 9.84 Å². The van der Waals surface area contributed by atoms with E-state index < -0.39 is 6.10 Å². The fourth-order valence-electron chi connectivity index (χ4n) is 1.25. The Hall–Kier alpha value is -0.955. The molecule has 2 nitrogen and oxygen atoms in total. The lowest BCUT2D eigenvalue weighted by Gasteiger charge is -2.14. The maximum absolute atomic E-state index is 9.59. The molecule has 0 spiro atoms. The SMILES string of the molecule is [B]c1c(OC)cccc1[C@H](O)CC. The highest BCUT2D eigenvalue weighted by molar-refractivity contribution is 6.35. The summed E-state index contributed by atoms with van der Waals surface area (Å²) in [7, 11) is 7.35. The fourth-order valence-corrected chi connectivity index (χ4v) is 1.25. The van der Waals surface area contributed by atoms with Crippen molar-refractivity contribution in [1.82, 2.24) is 0 Å². The first kappa shape index (κ1) is 10.1. The van der Waals surface area contributed by atoms with E-state index in [2.05, 4.69) is 0 Å². The van der Waals surface area contributed by atoms with Gasteiger partial charge in [-0.15, -0.1) is 0 Å². The van der Waals surface area contributed by atoms with Crippen LogP contribution in [0.5, 0.6) is 5.75 Å². The summed E-state index contributed by atoms with van der Waals surface area (Å²) in [6.45, 7) is 1.91. The zero-order chi connectivity index (χ0) is 9.84. The van der Waals surface area contributed by atoms with E-state index in [0.717, 1.165) is 5.56 Å². The van der Waals surface area contributed by atoms with Crippen molar-refractivity contribution in [1.29, 1.82) is 0 Å². The predicted molar refractivity (Wildman–Crippen MR) is 53.6 cm³/mol. The zero-order valence-corrected chi connectivity index (χ0v) is 7.95. The fraction of sp³-hybridized carbons (Fsp3) is 0.400. The van der Waals surface area contributed by atoms with Gasteiger partial charge in [0.2, 0.25) is 0 Å². The van der Waals surface area contributed by atoms with Crippen LogP contribution >= 0.6 is 0 Å². The van der Waals surface area contributed by atoms with E-state index in [9.17, 15) is 5.11 Å². The molecule has 0 aromatic heterocycles. The topological polar surface area (TPSA) is 29.5 Å². The molecule has 0 aliphatic heterocycles. The van der Waals surface area contributed by atoms with Crippen molar-refractivity contribution in [3.63, 3.8) is 0 Å². The van der Waals surface area contributed by atoms with Gasteiger partial charge in [0.1, 0.15) is 13.6 Å². The molecule has 1 rings (SSSR count). The number of rotatable bonds is 3. The summed E-state index contributed by atoms with van der Waals surface area (Å²) in [6, 6.07) is 5.41. The van der Waals surface area contributed by atoms with Crippen molar-refractivity contribution in [3.05, 3.63) is 23.8 Å². The Balaban J connectivity index is 3.08.